The number of amides is 1. The lowest BCUT2D eigenvalue weighted by atomic mass is 9.59. The Labute approximate surface area is 158 Å². The second kappa shape index (κ2) is 6.79. The minimum absolute atomic E-state index is 0.00667. The van der Waals surface area contributed by atoms with Crippen molar-refractivity contribution in [2.75, 3.05) is 13.1 Å². The van der Waals surface area contributed by atoms with Gasteiger partial charge in [0, 0.05) is 24.5 Å². The zero-order valence-corrected chi connectivity index (χ0v) is 16.1. The molecule has 0 radical (unpaired) electrons. The molecule has 1 amide bonds. The van der Waals surface area contributed by atoms with Gasteiger partial charge in [-0.3, -0.25) is 4.79 Å². The molecule has 26 heavy (non-hydrogen) atoms. The molecule has 1 N–H and O–H groups in total. The van der Waals surface area contributed by atoms with E-state index in [2.05, 4.69) is 4.72 Å². The lowest BCUT2D eigenvalue weighted by molar-refractivity contribution is 0.00511. The monoisotopic (exact) mass is 390 g/mol. The first-order valence-electron chi connectivity index (χ1n) is 8.89. The van der Waals surface area contributed by atoms with E-state index in [1.165, 1.54) is 11.3 Å². The largest absolute Gasteiger partial charge is 0.339 e. The van der Waals surface area contributed by atoms with E-state index >= 15 is 0 Å². The summed E-state index contributed by atoms with van der Waals surface area (Å²) in [5.74, 6) is 0.0850. The first kappa shape index (κ1) is 17.7. The Morgan fingerprint density at radius 3 is 2.42 bits per heavy atom. The number of piperidine rings is 1. The Morgan fingerprint density at radius 1 is 1.12 bits per heavy atom. The summed E-state index contributed by atoms with van der Waals surface area (Å²) in [6.07, 6.45) is 3.59. The first-order valence-corrected chi connectivity index (χ1v) is 11.3. The third kappa shape index (κ3) is 3.19. The summed E-state index contributed by atoms with van der Waals surface area (Å²) in [5, 5.41) is 3.80. The van der Waals surface area contributed by atoms with Crippen LogP contribution in [-0.4, -0.2) is 38.4 Å². The molecule has 4 rings (SSSR count). The number of rotatable bonds is 4. The average molecular weight is 391 g/mol. The molecule has 1 aromatic carbocycles. The van der Waals surface area contributed by atoms with Gasteiger partial charge in [-0.05, 0) is 54.7 Å². The van der Waals surface area contributed by atoms with Crippen LogP contribution >= 0.6 is 11.3 Å². The molecule has 5 nitrogen and oxygen atoms in total. The lowest BCUT2D eigenvalue weighted by Gasteiger charge is -2.53. The van der Waals surface area contributed by atoms with Gasteiger partial charge in [-0.1, -0.05) is 18.2 Å². The molecular formula is C19H22N2O3S2. The topological polar surface area (TPSA) is 66.5 Å². The van der Waals surface area contributed by atoms with Gasteiger partial charge in [0.25, 0.3) is 5.91 Å². The summed E-state index contributed by atoms with van der Waals surface area (Å²) in [5.41, 5.74) is 0.744. The number of benzene rings is 1. The van der Waals surface area contributed by atoms with Crippen LogP contribution in [0, 0.1) is 5.41 Å². The van der Waals surface area contributed by atoms with Gasteiger partial charge < -0.3 is 4.90 Å². The maximum atomic E-state index is 12.6. The number of hydrogen-bond acceptors (Lipinski definition) is 4. The summed E-state index contributed by atoms with van der Waals surface area (Å²) in [6.45, 7) is 1.39. The van der Waals surface area contributed by atoms with Crippen LogP contribution < -0.4 is 4.72 Å². The van der Waals surface area contributed by atoms with Crippen molar-refractivity contribution < 1.29 is 13.2 Å². The highest BCUT2D eigenvalue weighted by Crippen LogP contribution is 2.49. The SMILES string of the molecule is O=C(c1ccsc1)N1CCC2(CC[C@H]2NS(=O)(=O)c2ccccc2)CC1. The number of likely N-dealkylation sites (tertiary alicyclic amines) is 1. The van der Waals surface area contributed by atoms with E-state index in [0.29, 0.717) is 18.0 Å². The highest BCUT2D eigenvalue weighted by Gasteiger charge is 2.50. The standard InChI is InChI=1S/C19H22N2O3S2/c22-18(15-7-13-25-14-15)21-11-9-19(10-12-21)8-6-17(19)20-26(23,24)16-4-2-1-3-5-16/h1-5,7,13-14,17,20H,6,8-12H2/t17-/m1/s1. The van der Waals surface area contributed by atoms with Gasteiger partial charge >= 0.3 is 0 Å². The fourth-order valence-corrected chi connectivity index (χ4v) is 6.08. The molecule has 1 atom stereocenters. The summed E-state index contributed by atoms with van der Waals surface area (Å²) >= 11 is 1.53. The molecule has 0 bridgehead atoms. The van der Waals surface area contributed by atoms with Gasteiger partial charge in [-0.2, -0.15) is 11.3 Å². The number of sulfonamides is 1. The lowest BCUT2D eigenvalue weighted by Crippen LogP contribution is -2.59. The number of thiophene rings is 1. The zero-order chi connectivity index (χ0) is 18.2. The molecule has 2 aliphatic rings. The van der Waals surface area contributed by atoms with Gasteiger partial charge in [0.05, 0.1) is 10.5 Å². The van der Waals surface area contributed by atoms with E-state index in [4.69, 9.17) is 0 Å². The predicted molar refractivity (Wildman–Crippen MR) is 102 cm³/mol. The molecule has 2 fully saturated rings. The van der Waals surface area contributed by atoms with Crippen molar-refractivity contribution in [1.29, 1.82) is 0 Å². The highest BCUT2D eigenvalue weighted by atomic mass is 32.2. The smallest absolute Gasteiger partial charge is 0.254 e. The number of nitrogens with one attached hydrogen (secondary N) is 1. The highest BCUT2D eigenvalue weighted by molar-refractivity contribution is 7.89. The molecule has 1 saturated heterocycles. The van der Waals surface area contributed by atoms with E-state index in [-0.39, 0.29) is 17.4 Å². The quantitative estimate of drug-likeness (QED) is 0.872. The van der Waals surface area contributed by atoms with Crippen LogP contribution in [0.15, 0.2) is 52.1 Å². The number of carbonyl (C=O) groups excluding carboxylic acids is 1. The molecule has 1 aliphatic heterocycles. The van der Waals surface area contributed by atoms with E-state index in [0.717, 1.165) is 31.2 Å². The van der Waals surface area contributed by atoms with Crippen molar-refractivity contribution in [2.24, 2.45) is 5.41 Å². The van der Waals surface area contributed by atoms with Crippen LogP contribution in [0.1, 0.15) is 36.0 Å². The van der Waals surface area contributed by atoms with Crippen molar-refractivity contribution in [2.45, 2.75) is 36.6 Å². The van der Waals surface area contributed by atoms with Crippen LogP contribution in [-0.2, 0) is 10.0 Å². The Kier molecular flexibility index (Phi) is 4.62. The van der Waals surface area contributed by atoms with Crippen molar-refractivity contribution in [3.63, 3.8) is 0 Å². The Bertz CT molecular complexity index is 871. The van der Waals surface area contributed by atoms with Gasteiger partial charge in [0.2, 0.25) is 10.0 Å². The predicted octanol–water partition coefficient (Wildman–Crippen LogP) is 3.11. The number of carbonyl (C=O) groups is 1. The summed E-state index contributed by atoms with van der Waals surface area (Å²) in [6, 6.07) is 10.3. The molecule has 2 heterocycles. The van der Waals surface area contributed by atoms with Crippen molar-refractivity contribution in [3.8, 4) is 0 Å². The van der Waals surface area contributed by atoms with Crippen molar-refractivity contribution in [1.82, 2.24) is 9.62 Å². The first-order chi connectivity index (χ1) is 12.5. The summed E-state index contributed by atoms with van der Waals surface area (Å²) in [4.78, 5) is 14.7. The minimum atomic E-state index is -3.49. The fraction of sp³-hybridized carbons (Fsp3) is 0.421. The molecule has 1 spiro atoms. The normalized spacial score (nSPS) is 22.2. The molecular weight excluding hydrogens is 368 g/mol. The summed E-state index contributed by atoms with van der Waals surface area (Å²) < 4.78 is 28.1. The number of hydrogen-bond donors (Lipinski definition) is 1. The van der Waals surface area contributed by atoms with Gasteiger partial charge in [-0.15, -0.1) is 0 Å². The van der Waals surface area contributed by atoms with Crippen LogP contribution in [0.2, 0.25) is 0 Å². The molecule has 2 aromatic rings. The Morgan fingerprint density at radius 2 is 1.85 bits per heavy atom. The average Bonchev–Trinajstić information content (AvgIpc) is 3.20. The van der Waals surface area contributed by atoms with Crippen molar-refractivity contribution in [3.05, 3.63) is 52.7 Å². The minimum Gasteiger partial charge on any atom is -0.339 e. The van der Waals surface area contributed by atoms with Crippen molar-refractivity contribution >= 4 is 27.3 Å². The zero-order valence-electron chi connectivity index (χ0n) is 14.4. The van der Waals surface area contributed by atoms with Gasteiger partial charge in [0.15, 0.2) is 0 Å². The Balaban J connectivity index is 1.41. The van der Waals surface area contributed by atoms with E-state index in [1.807, 2.05) is 27.8 Å². The van der Waals surface area contributed by atoms with E-state index in [1.54, 1.807) is 24.3 Å². The number of nitrogens with zero attached hydrogens (tertiary/aromatic N) is 1. The summed E-state index contributed by atoms with van der Waals surface area (Å²) in [7, 11) is -3.49. The maximum Gasteiger partial charge on any atom is 0.254 e. The van der Waals surface area contributed by atoms with Crippen LogP contribution in [0.3, 0.4) is 0 Å². The van der Waals surface area contributed by atoms with Gasteiger partial charge in [-0.25, -0.2) is 13.1 Å². The van der Waals surface area contributed by atoms with Crippen LogP contribution in [0.25, 0.3) is 0 Å². The molecule has 7 heteroatoms. The van der Waals surface area contributed by atoms with Gasteiger partial charge in [0.1, 0.15) is 0 Å². The van der Waals surface area contributed by atoms with E-state index in [9.17, 15) is 13.2 Å². The van der Waals surface area contributed by atoms with Crippen LogP contribution in [0.5, 0.6) is 0 Å². The maximum absolute atomic E-state index is 12.6. The third-order valence-corrected chi connectivity index (χ3v) is 8.01. The second-order valence-electron chi connectivity index (χ2n) is 7.19. The Hall–Kier alpha value is -1.70. The van der Waals surface area contributed by atoms with E-state index < -0.39 is 10.0 Å². The second-order valence-corrected chi connectivity index (χ2v) is 9.69. The fourth-order valence-electron chi connectivity index (χ4n) is 4.06. The molecule has 1 aliphatic carbocycles. The molecule has 0 unspecified atom stereocenters. The molecule has 1 saturated carbocycles. The molecule has 138 valence electrons. The van der Waals surface area contributed by atoms with Crippen LogP contribution in [0.4, 0.5) is 0 Å². The molecule has 1 aromatic heterocycles. The third-order valence-electron chi connectivity index (χ3n) is 5.84.